The molecule has 0 aromatic heterocycles. The average molecular weight is 308 g/mol. The predicted octanol–water partition coefficient (Wildman–Crippen LogP) is 4.23. The van der Waals surface area contributed by atoms with Gasteiger partial charge in [-0.2, -0.15) is 0 Å². The van der Waals surface area contributed by atoms with Gasteiger partial charge < -0.3 is 9.64 Å². The van der Waals surface area contributed by atoms with Gasteiger partial charge in [0.05, 0.1) is 7.11 Å². The van der Waals surface area contributed by atoms with E-state index >= 15 is 0 Å². The number of halogens is 2. The molecule has 0 aliphatic rings. The molecule has 2 nitrogen and oxygen atoms in total. The minimum absolute atomic E-state index is 0. The van der Waals surface area contributed by atoms with E-state index < -0.39 is 0 Å². The molecule has 0 aliphatic heterocycles. The Bertz CT molecular complexity index is 345. The molecule has 112 valence electrons. The van der Waals surface area contributed by atoms with Gasteiger partial charge in [-0.1, -0.05) is 26.0 Å². The number of nitrogens with zero attached hydrogens (tertiary/aromatic N) is 1. The summed E-state index contributed by atoms with van der Waals surface area (Å²) in [5.74, 6) is 2.22. The van der Waals surface area contributed by atoms with Crippen LogP contribution in [0.1, 0.15) is 31.7 Å². The molecule has 1 aromatic rings. The van der Waals surface area contributed by atoms with Crippen LogP contribution >= 0.6 is 24.8 Å². The fourth-order valence-corrected chi connectivity index (χ4v) is 2.54. The monoisotopic (exact) mass is 307 g/mol. The zero-order valence-electron chi connectivity index (χ0n) is 12.6. The Labute approximate surface area is 130 Å². The van der Waals surface area contributed by atoms with Gasteiger partial charge in [0.15, 0.2) is 0 Å². The van der Waals surface area contributed by atoms with Gasteiger partial charge in [0.25, 0.3) is 0 Å². The highest BCUT2D eigenvalue weighted by atomic mass is 35.5. The summed E-state index contributed by atoms with van der Waals surface area (Å²) in [5, 5.41) is 0. The Kier molecular flexibility index (Phi) is 11.4. The summed E-state index contributed by atoms with van der Waals surface area (Å²) in [7, 11) is 5.99. The smallest absolute Gasteiger partial charge is 0.119 e. The van der Waals surface area contributed by atoms with Crippen molar-refractivity contribution < 1.29 is 4.74 Å². The molecule has 0 N–H and O–H groups in total. The molecule has 19 heavy (non-hydrogen) atoms. The van der Waals surface area contributed by atoms with Crippen molar-refractivity contribution in [1.29, 1.82) is 0 Å². The fraction of sp³-hybridized carbons (Fsp3) is 0.600. The minimum Gasteiger partial charge on any atom is -0.497 e. The summed E-state index contributed by atoms with van der Waals surface area (Å²) in [6, 6.07) is 8.47. The van der Waals surface area contributed by atoms with E-state index in [0.29, 0.717) is 11.8 Å². The highest BCUT2D eigenvalue weighted by molar-refractivity contribution is 5.85. The molecule has 0 saturated carbocycles. The highest BCUT2D eigenvalue weighted by Gasteiger charge is 2.18. The second-order valence-corrected chi connectivity index (χ2v) is 5.03. The van der Waals surface area contributed by atoms with Crippen molar-refractivity contribution >= 4 is 24.8 Å². The van der Waals surface area contributed by atoms with Gasteiger partial charge in [-0.25, -0.2) is 0 Å². The maximum atomic E-state index is 5.30. The van der Waals surface area contributed by atoms with Crippen LogP contribution in [0.2, 0.25) is 0 Å². The van der Waals surface area contributed by atoms with Gasteiger partial charge in [-0.15, -0.1) is 24.8 Å². The third-order valence-corrected chi connectivity index (χ3v) is 3.30. The van der Waals surface area contributed by atoms with E-state index in [1.165, 1.54) is 12.0 Å². The summed E-state index contributed by atoms with van der Waals surface area (Å²) in [6.07, 6.45) is 1.17. The molecule has 0 bridgehead atoms. The zero-order chi connectivity index (χ0) is 12.8. The molecule has 0 aliphatic carbocycles. The van der Waals surface area contributed by atoms with Crippen LogP contribution < -0.4 is 4.74 Å². The van der Waals surface area contributed by atoms with E-state index in [1.807, 2.05) is 6.07 Å². The van der Waals surface area contributed by atoms with Crippen molar-refractivity contribution in [1.82, 2.24) is 4.90 Å². The fourth-order valence-electron chi connectivity index (χ4n) is 2.54. The molecular weight excluding hydrogens is 281 g/mol. The second-order valence-electron chi connectivity index (χ2n) is 5.03. The first kappa shape index (κ1) is 20.9. The Morgan fingerprint density at radius 3 is 2.32 bits per heavy atom. The number of benzene rings is 1. The van der Waals surface area contributed by atoms with E-state index in [9.17, 15) is 0 Å². The molecule has 0 unspecified atom stereocenters. The number of hydrogen-bond donors (Lipinski definition) is 0. The Hall–Kier alpha value is -0.440. The third kappa shape index (κ3) is 6.51. The molecule has 0 saturated heterocycles. The number of rotatable bonds is 6. The topological polar surface area (TPSA) is 12.5 Å². The summed E-state index contributed by atoms with van der Waals surface area (Å²) in [5.41, 5.74) is 1.39. The van der Waals surface area contributed by atoms with Gasteiger partial charge in [-0.3, -0.25) is 0 Å². The summed E-state index contributed by atoms with van der Waals surface area (Å²) in [4.78, 5) is 2.26. The Balaban J connectivity index is 0. The summed E-state index contributed by atoms with van der Waals surface area (Å²) in [6.45, 7) is 5.71. The summed E-state index contributed by atoms with van der Waals surface area (Å²) >= 11 is 0. The van der Waals surface area contributed by atoms with E-state index in [0.717, 1.165) is 12.3 Å². The van der Waals surface area contributed by atoms with Crippen LogP contribution in [0, 0.1) is 5.92 Å². The van der Waals surface area contributed by atoms with Crippen molar-refractivity contribution in [2.45, 2.75) is 26.2 Å². The molecule has 0 radical (unpaired) electrons. The predicted molar refractivity (Wildman–Crippen MR) is 88.2 cm³/mol. The van der Waals surface area contributed by atoms with E-state index in [2.05, 4.69) is 51.0 Å². The van der Waals surface area contributed by atoms with Crippen LogP contribution in [0.5, 0.6) is 5.75 Å². The Morgan fingerprint density at radius 1 is 1.21 bits per heavy atom. The largest absolute Gasteiger partial charge is 0.497 e. The maximum absolute atomic E-state index is 5.30. The maximum Gasteiger partial charge on any atom is 0.119 e. The van der Waals surface area contributed by atoms with E-state index in [4.69, 9.17) is 4.74 Å². The van der Waals surface area contributed by atoms with Crippen LogP contribution in [0.15, 0.2) is 24.3 Å². The lowest BCUT2D eigenvalue weighted by Crippen LogP contribution is -2.24. The van der Waals surface area contributed by atoms with Crippen molar-refractivity contribution in [3.63, 3.8) is 0 Å². The Morgan fingerprint density at radius 2 is 1.84 bits per heavy atom. The van der Waals surface area contributed by atoms with Crippen molar-refractivity contribution in [3.05, 3.63) is 29.8 Å². The number of methoxy groups -OCH3 is 1. The zero-order valence-corrected chi connectivity index (χ0v) is 14.2. The number of hydrogen-bond acceptors (Lipinski definition) is 2. The third-order valence-electron chi connectivity index (χ3n) is 3.30. The molecule has 0 spiro atoms. The normalized spacial score (nSPS) is 13.2. The van der Waals surface area contributed by atoms with Gasteiger partial charge in [0.2, 0.25) is 0 Å². The van der Waals surface area contributed by atoms with E-state index in [1.54, 1.807) is 7.11 Å². The van der Waals surface area contributed by atoms with Crippen LogP contribution in [-0.4, -0.2) is 32.6 Å². The SMILES string of the molecule is CC[C@@H](c1cccc(OC)c1)[C@@H](C)CN(C)C.Cl.Cl. The minimum atomic E-state index is 0. The molecule has 1 rings (SSSR count). The molecule has 1 aromatic carbocycles. The lowest BCUT2D eigenvalue weighted by atomic mass is 9.85. The first-order chi connectivity index (χ1) is 8.08. The van der Waals surface area contributed by atoms with Crippen LogP contribution in [0.4, 0.5) is 0 Å². The first-order valence-corrected chi connectivity index (χ1v) is 6.37. The quantitative estimate of drug-likeness (QED) is 0.780. The second kappa shape index (κ2) is 10.4. The van der Waals surface area contributed by atoms with Crippen LogP contribution in [-0.2, 0) is 0 Å². The molecule has 0 fully saturated rings. The van der Waals surface area contributed by atoms with Crippen molar-refractivity contribution in [2.75, 3.05) is 27.7 Å². The molecular formula is C15H27Cl2NO. The standard InChI is InChI=1S/C15H25NO.2ClH/c1-6-15(12(2)11-16(3)4)13-8-7-9-14(10-13)17-5;;/h7-10,12,15H,6,11H2,1-5H3;2*1H/t12-,15+;;/m0../s1. The lowest BCUT2D eigenvalue weighted by Gasteiger charge is -2.26. The lowest BCUT2D eigenvalue weighted by molar-refractivity contribution is 0.301. The molecule has 0 amide bonds. The van der Waals surface area contributed by atoms with Crippen LogP contribution in [0.25, 0.3) is 0 Å². The van der Waals surface area contributed by atoms with Gasteiger partial charge in [0, 0.05) is 6.54 Å². The average Bonchev–Trinajstić information content (AvgIpc) is 2.29. The van der Waals surface area contributed by atoms with Crippen molar-refractivity contribution in [3.8, 4) is 5.75 Å². The van der Waals surface area contributed by atoms with E-state index in [-0.39, 0.29) is 24.8 Å². The summed E-state index contributed by atoms with van der Waals surface area (Å²) < 4.78 is 5.30. The first-order valence-electron chi connectivity index (χ1n) is 6.37. The van der Waals surface area contributed by atoms with Crippen molar-refractivity contribution in [2.24, 2.45) is 5.92 Å². The molecule has 2 atom stereocenters. The van der Waals surface area contributed by atoms with Gasteiger partial charge in [-0.05, 0) is 50.0 Å². The highest BCUT2D eigenvalue weighted by Crippen LogP contribution is 2.30. The van der Waals surface area contributed by atoms with Crippen LogP contribution in [0.3, 0.4) is 0 Å². The van der Waals surface area contributed by atoms with Gasteiger partial charge >= 0.3 is 0 Å². The van der Waals surface area contributed by atoms with Gasteiger partial charge in [0.1, 0.15) is 5.75 Å². The number of ether oxygens (including phenoxy) is 1. The molecule has 4 heteroatoms. The molecule has 0 heterocycles.